The minimum atomic E-state index is -2.12. The normalized spacial score (nSPS) is 15.5. The summed E-state index contributed by atoms with van der Waals surface area (Å²) < 4.78 is 32.8. The van der Waals surface area contributed by atoms with Crippen LogP contribution in [0.2, 0.25) is 18.1 Å². The van der Waals surface area contributed by atoms with Crippen molar-refractivity contribution in [1.82, 2.24) is 14.8 Å². The first kappa shape index (κ1) is 24.1. The Labute approximate surface area is 188 Å². The van der Waals surface area contributed by atoms with E-state index in [1.54, 1.807) is 18.3 Å². The van der Waals surface area contributed by atoms with E-state index >= 15 is 0 Å². The molecule has 0 aliphatic heterocycles. The SMILES string of the molecule is COc1ncccc1-n1nc(OCC(F)CO[Si](C)(C)C(C)(C)C)c([N+](=O)[O-])c1C1CC1. The Kier molecular flexibility index (Phi) is 6.89. The van der Waals surface area contributed by atoms with Gasteiger partial charge in [0.15, 0.2) is 14.5 Å². The molecule has 0 N–H and O–H groups in total. The van der Waals surface area contributed by atoms with Crippen molar-refractivity contribution in [2.45, 2.75) is 63.8 Å². The zero-order valence-electron chi connectivity index (χ0n) is 19.4. The molecule has 2 aromatic heterocycles. The van der Waals surface area contributed by atoms with Crippen LogP contribution in [0.5, 0.6) is 11.8 Å². The number of halogens is 1. The second-order valence-corrected chi connectivity index (χ2v) is 14.3. The van der Waals surface area contributed by atoms with Crippen molar-refractivity contribution in [3.8, 4) is 17.4 Å². The Balaban J connectivity index is 1.83. The number of hydrogen-bond donors (Lipinski definition) is 0. The number of aromatic nitrogens is 3. The standard InChI is InChI=1S/C21H31FN4O5Si/c1-21(2,3)32(5,6)31-13-15(22)12-30-20-18(26(27)28)17(14-9-10-14)25(24-20)16-8-7-11-23-19(16)29-4/h7-8,11,14-15H,9-10,12-13H2,1-6H3. The van der Waals surface area contributed by atoms with Crippen LogP contribution in [-0.4, -0.2) is 54.5 Å². The number of nitrogens with zero attached hydrogens (tertiary/aromatic N) is 4. The zero-order chi connectivity index (χ0) is 23.7. The fourth-order valence-electron chi connectivity index (χ4n) is 3.01. The van der Waals surface area contributed by atoms with Gasteiger partial charge in [0.05, 0.1) is 18.6 Å². The zero-order valence-corrected chi connectivity index (χ0v) is 20.4. The summed E-state index contributed by atoms with van der Waals surface area (Å²) in [7, 11) is -0.649. The van der Waals surface area contributed by atoms with Gasteiger partial charge in [0, 0.05) is 12.1 Å². The molecule has 176 valence electrons. The average molecular weight is 467 g/mol. The lowest BCUT2D eigenvalue weighted by atomic mass is 10.2. The number of nitro groups is 1. The molecule has 9 nitrogen and oxygen atoms in total. The maximum absolute atomic E-state index is 14.6. The maximum Gasteiger partial charge on any atom is 0.354 e. The summed E-state index contributed by atoms with van der Waals surface area (Å²) in [6, 6.07) is 3.40. The number of rotatable bonds is 10. The van der Waals surface area contributed by atoms with E-state index < -0.39 is 19.4 Å². The molecule has 1 aliphatic carbocycles. The van der Waals surface area contributed by atoms with Crippen LogP contribution in [0.1, 0.15) is 45.2 Å². The van der Waals surface area contributed by atoms with Crippen LogP contribution in [-0.2, 0) is 4.43 Å². The average Bonchev–Trinajstić information content (AvgIpc) is 3.49. The van der Waals surface area contributed by atoms with Crippen LogP contribution in [0.3, 0.4) is 0 Å². The Morgan fingerprint density at radius 1 is 1.31 bits per heavy atom. The summed E-state index contributed by atoms with van der Waals surface area (Å²) in [6.45, 7) is 9.78. The molecular weight excluding hydrogens is 435 g/mol. The van der Waals surface area contributed by atoms with Gasteiger partial charge in [0.2, 0.25) is 5.88 Å². The highest BCUT2D eigenvalue weighted by atomic mass is 28.4. The lowest BCUT2D eigenvalue weighted by Gasteiger charge is -2.36. The molecule has 1 unspecified atom stereocenters. The predicted octanol–water partition coefficient (Wildman–Crippen LogP) is 4.80. The van der Waals surface area contributed by atoms with Crippen molar-refractivity contribution < 1.29 is 23.2 Å². The number of methoxy groups -OCH3 is 1. The van der Waals surface area contributed by atoms with E-state index in [0.29, 0.717) is 11.4 Å². The molecule has 11 heteroatoms. The van der Waals surface area contributed by atoms with Gasteiger partial charge in [-0.1, -0.05) is 20.8 Å². The predicted molar refractivity (Wildman–Crippen MR) is 120 cm³/mol. The maximum atomic E-state index is 14.6. The first-order valence-corrected chi connectivity index (χ1v) is 13.5. The van der Waals surface area contributed by atoms with Crippen LogP contribution in [0.15, 0.2) is 18.3 Å². The summed E-state index contributed by atoms with van der Waals surface area (Å²) in [6.07, 6.45) is 1.73. The van der Waals surface area contributed by atoms with Crippen LogP contribution in [0, 0.1) is 10.1 Å². The summed E-state index contributed by atoms with van der Waals surface area (Å²) in [5, 5.41) is 16.2. The summed E-state index contributed by atoms with van der Waals surface area (Å²) in [5.41, 5.74) is 0.646. The first-order chi connectivity index (χ1) is 15.0. The van der Waals surface area contributed by atoms with Crippen LogP contribution < -0.4 is 9.47 Å². The van der Waals surface area contributed by atoms with Crippen molar-refractivity contribution in [2.75, 3.05) is 20.3 Å². The molecule has 1 fully saturated rings. The van der Waals surface area contributed by atoms with Crippen LogP contribution >= 0.6 is 0 Å². The first-order valence-electron chi connectivity index (χ1n) is 10.6. The van der Waals surface area contributed by atoms with Gasteiger partial charge < -0.3 is 13.9 Å². The summed E-state index contributed by atoms with van der Waals surface area (Å²) in [5.74, 6) is 0.0514. The lowest BCUT2D eigenvalue weighted by Crippen LogP contribution is -2.42. The Hall–Kier alpha value is -2.53. The second-order valence-electron chi connectivity index (χ2n) is 9.49. The molecule has 1 atom stereocenters. The van der Waals surface area contributed by atoms with Crippen molar-refractivity contribution >= 4 is 14.0 Å². The van der Waals surface area contributed by atoms with Crippen molar-refractivity contribution in [1.29, 1.82) is 0 Å². The highest BCUT2D eigenvalue weighted by molar-refractivity contribution is 6.74. The number of alkyl halides is 1. The molecule has 0 radical (unpaired) electrons. The number of pyridine rings is 1. The van der Waals surface area contributed by atoms with E-state index in [2.05, 4.69) is 30.9 Å². The van der Waals surface area contributed by atoms with Gasteiger partial charge in [-0.3, -0.25) is 10.1 Å². The van der Waals surface area contributed by atoms with Gasteiger partial charge in [-0.05, 0) is 43.1 Å². The van der Waals surface area contributed by atoms with Gasteiger partial charge in [0.25, 0.3) is 0 Å². The van der Waals surface area contributed by atoms with Gasteiger partial charge in [0.1, 0.15) is 18.0 Å². The second kappa shape index (κ2) is 9.14. The molecule has 0 saturated heterocycles. The van der Waals surface area contributed by atoms with E-state index in [4.69, 9.17) is 13.9 Å². The highest BCUT2D eigenvalue weighted by Crippen LogP contribution is 2.48. The topological polar surface area (TPSA) is 102 Å². The third-order valence-electron chi connectivity index (χ3n) is 6.02. The fraction of sp³-hybridized carbons (Fsp3) is 0.619. The molecule has 3 rings (SSSR count). The molecule has 32 heavy (non-hydrogen) atoms. The van der Waals surface area contributed by atoms with Gasteiger partial charge in [-0.25, -0.2) is 14.1 Å². The largest absolute Gasteiger partial charge is 0.479 e. The Morgan fingerprint density at radius 3 is 2.56 bits per heavy atom. The van der Waals surface area contributed by atoms with E-state index in [1.165, 1.54) is 11.8 Å². The minimum Gasteiger partial charge on any atom is -0.479 e. The summed E-state index contributed by atoms with van der Waals surface area (Å²) >= 11 is 0. The van der Waals surface area contributed by atoms with Crippen molar-refractivity contribution in [3.63, 3.8) is 0 Å². The Bertz CT molecular complexity index is 972. The molecule has 0 amide bonds. The molecule has 0 spiro atoms. The van der Waals surface area contributed by atoms with Crippen molar-refractivity contribution in [2.24, 2.45) is 0 Å². The smallest absolute Gasteiger partial charge is 0.354 e. The Morgan fingerprint density at radius 2 is 2.00 bits per heavy atom. The molecule has 1 aliphatic rings. The van der Waals surface area contributed by atoms with E-state index in [9.17, 15) is 14.5 Å². The summed E-state index contributed by atoms with van der Waals surface area (Å²) in [4.78, 5) is 15.5. The third kappa shape index (κ3) is 5.09. The van der Waals surface area contributed by atoms with Gasteiger partial charge in [-0.15, -0.1) is 5.10 Å². The molecule has 0 aromatic carbocycles. The van der Waals surface area contributed by atoms with Crippen LogP contribution in [0.4, 0.5) is 10.1 Å². The van der Waals surface area contributed by atoms with E-state index in [0.717, 1.165) is 12.8 Å². The van der Waals surface area contributed by atoms with Gasteiger partial charge in [-0.2, -0.15) is 0 Å². The third-order valence-corrected chi connectivity index (χ3v) is 10.5. The van der Waals surface area contributed by atoms with Gasteiger partial charge >= 0.3 is 11.6 Å². The van der Waals surface area contributed by atoms with E-state index in [-0.39, 0.29) is 41.6 Å². The molecule has 2 aromatic rings. The number of hydrogen-bond acceptors (Lipinski definition) is 7. The lowest BCUT2D eigenvalue weighted by molar-refractivity contribution is -0.386. The van der Waals surface area contributed by atoms with Crippen molar-refractivity contribution in [3.05, 3.63) is 34.1 Å². The molecule has 0 bridgehead atoms. The van der Waals surface area contributed by atoms with Crippen LogP contribution in [0.25, 0.3) is 5.69 Å². The fourth-order valence-corrected chi connectivity index (χ4v) is 4.04. The molecule has 1 saturated carbocycles. The highest BCUT2D eigenvalue weighted by Gasteiger charge is 2.41. The van der Waals surface area contributed by atoms with E-state index in [1.807, 2.05) is 13.1 Å². The number of ether oxygens (including phenoxy) is 2. The quantitative estimate of drug-likeness (QED) is 0.281. The monoisotopic (exact) mass is 466 g/mol. The minimum absolute atomic E-state index is 0.0201. The molecule has 2 heterocycles. The molecular formula is C21H31FN4O5Si.